The summed E-state index contributed by atoms with van der Waals surface area (Å²) in [5.74, 6) is -1.17. The van der Waals surface area contributed by atoms with Crippen molar-refractivity contribution in [3.63, 3.8) is 0 Å². The van der Waals surface area contributed by atoms with Gasteiger partial charge in [0, 0.05) is 12.7 Å². The molecule has 0 aliphatic heterocycles. The lowest BCUT2D eigenvalue weighted by Crippen LogP contribution is -2.29. The van der Waals surface area contributed by atoms with E-state index in [1.165, 1.54) is 23.5 Å². The molecule has 18 heavy (non-hydrogen) atoms. The first-order valence-corrected chi connectivity index (χ1v) is 6.30. The molecule has 0 bridgehead atoms. The van der Waals surface area contributed by atoms with Crippen molar-refractivity contribution in [1.29, 1.82) is 0 Å². The van der Waals surface area contributed by atoms with Crippen LogP contribution in [-0.4, -0.2) is 28.1 Å². The van der Waals surface area contributed by atoms with E-state index < -0.39 is 5.97 Å². The van der Waals surface area contributed by atoms with E-state index in [-0.39, 0.29) is 18.1 Å². The minimum Gasteiger partial charge on any atom is -0.477 e. The number of hydrogen-bond acceptors (Lipinski definition) is 2. The Labute approximate surface area is 107 Å². The Bertz CT molecular complexity index is 399. The number of unbranched alkanes of at least 4 members (excludes halogenated alkanes) is 3. The van der Waals surface area contributed by atoms with Crippen LogP contribution >= 0.6 is 0 Å². The van der Waals surface area contributed by atoms with Gasteiger partial charge in [-0.2, -0.15) is 0 Å². The number of rotatable bonds is 8. The van der Waals surface area contributed by atoms with E-state index in [0.717, 1.165) is 12.8 Å². The highest BCUT2D eigenvalue weighted by molar-refractivity contribution is 5.86. The predicted octanol–water partition coefficient (Wildman–Crippen LogP) is 1.88. The normalized spacial score (nSPS) is 10.3. The average molecular weight is 252 g/mol. The fraction of sp³-hybridized carbons (Fsp3) is 0.538. The summed E-state index contributed by atoms with van der Waals surface area (Å²) in [5, 5.41) is 11.7. The Morgan fingerprint density at radius 2 is 2.11 bits per heavy atom. The van der Waals surface area contributed by atoms with Gasteiger partial charge in [-0.15, -0.1) is 0 Å². The quantitative estimate of drug-likeness (QED) is 0.694. The number of nitrogens with zero attached hydrogens (tertiary/aromatic N) is 1. The van der Waals surface area contributed by atoms with Crippen LogP contribution in [0.3, 0.4) is 0 Å². The molecule has 1 aromatic heterocycles. The Balaban J connectivity index is 2.31. The van der Waals surface area contributed by atoms with Gasteiger partial charge in [0.15, 0.2) is 0 Å². The summed E-state index contributed by atoms with van der Waals surface area (Å²) in [6.07, 6.45) is 6.02. The minimum absolute atomic E-state index is 0.0579. The van der Waals surface area contributed by atoms with Crippen molar-refractivity contribution in [2.75, 3.05) is 6.54 Å². The molecule has 0 radical (unpaired) electrons. The molecule has 0 fully saturated rings. The van der Waals surface area contributed by atoms with Crippen molar-refractivity contribution >= 4 is 11.9 Å². The lowest BCUT2D eigenvalue weighted by molar-refractivity contribution is -0.121. The molecule has 5 heteroatoms. The van der Waals surface area contributed by atoms with Gasteiger partial charge in [-0.1, -0.05) is 26.2 Å². The van der Waals surface area contributed by atoms with E-state index in [1.807, 2.05) is 0 Å². The second kappa shape index (κ2) is 7.53. The van der Waals surface area contributed by atoms with Crippen molar-refractivity contribution < 1.29 is 14.7 Å². The van der Waals surface area contributed by atoms with Crippen molar-refractivity contribution in [3.8, 4) is 0 Å². The van der Waals surface area contributed by atoms with Gasteiger partial charge in [0.25, 0.3) is 0 Å². The van der Waals surface area contributed by atoms with E-state index in [2.05, 4.69) is 12.2 Å². The maximum absolute atomic E-state index is 11.6. The number of aromatic carboxylic acids is 1. The largest absolute Gasteiger partial charge is 0.477 e. The van der Waals surface area contributed by atoms with Crippen molar-refractivity contribution in [2.45, 2.75) is 39.2 Å². The van der Waals surface area contributed by atoms with Crippen LogP contribution in [0.2, 0.25) is 0 Å². The van der Waals surface area contributed by atoms with E-state index in [9.17, 15) is 9.59 Å². The van der Waals surface area contributed by atoms with E-state index in [0.29, 0.717) is 6.54 Å². The number of carbonyl (C=O) groups excluding carboxylic acids is 1. The van der Waals surface area contributed by atoms with Crippen molar-refractivity contribution in [2.24, 2.45) is 0 Å². The second-order valence-corrected chi connectivity index (χ2v) is 4.24. The molecule has 5 nitrogen and oxygen atoms in total. The molecule has 1 amide bonds. The number of carboxylic acid groups (broad SMARTS) is 1. The summed E-state index contributed by atoms with van der Waals surface area (Å²) >= 11 is 0. The molecule has 0 saturated carbocycles. The summed E-state index contributed by atoms with van der Waals surface area (Å²) in [6, 6.07) is 3.11. The van der Waals surface area contributed by atoms with Crippen LogP contribution in [0.15, 0.2) is 18.3 Å². The summed E-state index contributed by atoms with van der Waals surface area (Å²) in [6.45, 7) is 2.85. The molecule has 1 heterocycles. The highest BCUT2D eigenvalue weighted by Crippen LogP contribution is 2.02. The second-order valence-electron chi connectivity index (χ2n) is 4.24. The molecule has 0 aliphatic rings. The number of hydrogen-bond donors (Lipinski definition) is 2. The molecular formula is C13H20N2O3. The van der Waals surface area contributed by atoms with Crippen LogP contribution < -0.4 is 5.32 Å². The zero-order valence-electron chi connectivity index (χ0n) is 10.7. The van der Waals surface area contributed by atoms with Crippen LogP contribution in [-0.2, 0) is 11.3 Å². The number of amides is 1. The van der Waals surface area contributed by atoms with Gasteiger partial charge >= 0.3 is 5.97 Å². The lowest BCUT2D eigenvalue weighted by atomic mass is 10.2. The summed E-state index contributed by atoms with van der Waals surface area (Å²) < 4.78 is 1.43. The van der Waals surface area contributed by atoms with Crippen LogP contribution in [0.25, 0.3) is 0 Å². The van der Waals surface area contributed by atoms with Gasteiger partial charge in [-0.3, -0.25) is 4.79 Å². The number of carboxylic acids is 1. The lowest BCUT2D eigenvalue weighted by Gasteiger charge is -2.07. The first-order valence-electron chi connectivity index (χ1n) is 6.30. The first-order chi connectivity index (χ1) is 8.65. The predicted molar refractivity (Wildman–Crippen MR) is 68.5 cm³/mol. The molecule has 100 valence electrons. The monoisotopic (exact) mass is 252 g/mol. The molecular weight excluding hydrogens is 232 g/mol. The van der Waals surface area contributed by atoms with Gasteiger partial charge < -0.3 is 15.0 Å². The van der Waals surface area contributed by atoms with Gasteiger partial charge in [-0.05, 0) is 18.6 Å². The van der Waals surface area contributed by atoms with Crippen LogP contribution in [0, 0.1) is 0 Å². The highest BCUT2D eigenvalue weighted by atomic mass is 16.4. The van der Waals surface area contributed by atoms with Gasteiger partial charge in [0.1, 0.15) is 12.2 Å². The minimum atomic E-state index is -1.02. The zero-order valence-corrected chi connectivity index (χ0v) is 10.7. The Hall–Kier alpha value is -1.78. The molecule has 2 N–H and O–H groups in total. The summed E-state index contributed by atoms with van der Waals surface area (Å²) in [5.41, 5.74) is 0.135. The Morgan fingerprint density at radius 1 is 1.33 bits per heavy atom. The fourth-order valence-electron chi connectivity index (χ4n) is 1.74. The highest BCUT2D eigenvalue weighted by Gasteiger charge is 2.10. The summed E-state index contributed by atoms with van der Waals surface area (Å²) in [7, 11) is 0. The number of aromatic nitrogens is 1. The van der Waals surface area contributed by atoms with E-state index >= 15 is 0 Å². The smallest absolute Gasteiger partial charge is 0.352 e. The van der Waals surface area contributed by atoms with Crippen molar-refractivity contribution in [1.82, 2.24) is 9.88 Å². The average Bonchev–Trinajstić information content (AvgIpc) is 2.77. The fourth-order valence-corrected chi connectivity index (χ4v) is 1.74. The number of carbonyl (C=O) groups is 2. The van der Waals surface area contributed by atoms with Gasteiger partial charge in [0.05, 0.1) is 0 Å². The standard InChI is InChI=1S/C13H20N2O3/c1-2-3-4-5-8-14-12(16)10-15-9-6-7-11(15)13(17)18/h6-7,9H,2-5,8,10H2,1H3,(H,14,16)(H,17,18). The molecule has 0 unspecified atom stereocenters. The van der Waals surface area contributed by atoms with Crippen LogP contribution in [0.5, 0.6) is 0 Å². The third-order valence-corrected chi connectivity index (χ3v) is 2.72. The summed E-state index contributed by atoms with van der Waals surface area (Å²) in [4.78, 5) is 22.4. The van der Waals surface area contributed by atoms with Gasteiger partial charge in [0.2, 0.25) is 5.91 Å². The maximum Gasteiger partial charge on any atom is 0.352 e. The Kier molecular flexibility index (Phi) is 5.97. The SMILES string of the molecule is CCCCCCNC(=O)Cn1cccc1C(=O)O. The topological polar surface area (TPSA) is 71.3 Å². The Morgan fingerprint density at radius 3 is 2.78 bits per heavy atom. The number of nitrogens with one attached hydrogen (secondary N) is 1. The maximum atomic E-state index is 11.6. The van der Waals surface area contributed by atoms with Crippen LogP contribution in [0.1, 0.15) is 43.1 Å². The van der Waals surface area contributed by atoms with E-state index in [1.54, 1.807) is 12.3 Å². The van der Waals surface area contributed by atoms with Crippen LogP contribution in [0.4, 0.5) is 0 Å². The van der Waals surface area contributed by atoms with E-state index in [4.69, 9.17) is 5.11 Å². The first kappa shape index (κ1) is 14.3. The van der Waals surface area contributed by atoms with Gasteiger partial charge in [-0.25, -0.2) is 4.79 Å². The van der Waals surface area contributed by atoms with Crippen molar-refractivity contribution in [3.05, 3.63) is 24.0 Å². The molecule has 1 rings (SSSR count). The zero-order chi connectivity index (χ0) is 13.4. The molecule has 1 aromatic rings. The molecule has 0 atom stereocenters. The third-order valence-electron chi connectivity index (χ3n) is 2.72. The molecule has 0 saturated heterocycles. The molecule has 0 spiro atoms. The third kappa shape index (κ3) is 4.61. The molecule has 0 aromatic carbocycles. The molecule has 0 aliphatic carbocycles.